The van der Waals surface area contributed by atoms with E-state index in [-0.39, 0.29) is 19.1 Å². The van der Waals surface area contributed by atoms with Crippen LogP contribution < -0.4 is 10.1 Å². The average molecular weight is 439 g/mol. The number of rotatable bonds is 8. The van der Waals surface area contributed by atoms with E-state index in [0.717, 1.165) is 16.9 Å². The van der Waals surface area contributed by atoms with Gasteiger partial charge in [-0.05, 0) is 36.6 Å². The van der Waals surface area contributed by atoms with Gasteiger partial charge in [0.25, 0.3) is 0 Å². The average Bonchev–Trinajstić information content (AvgIpc) is 2.89. The number of carbonyl (C=O) groups is 2. The third-order valence-electron chi connectivity index (χ3n) is 5.44. The number of aliphatic hydroxyl groups excluding tert-OH is 1. The summed E-state index contributed by atoms with van der Waals surface area (Å²) in [5.74, 6) is 0.0850. The Hall–Kier alpha value is -3.16. The monoisotopic (exact) mass is 438 g/mol. The van der Waals surface area contributed by atoms with Crippen molar-refractivity contribution in [3.63, 3.8) is 0 Å². The predicted octanol–water partition coefficient (Wildman–Crippen LogP) is 2.09. The van der Waals surface area contributed by atoms with Crippen molar-refractivity contribution in [1.82, 2.24) is 10.2 Å². The summed E-state index contributed by atoms with van der Waals surface area (Å²) in [5, 5.41) is 14.2. The van der Waals surface area contributed by atoms with Crippen molar-refractivity contribution in [3.05, 3.63) is 77.9 Å². The number of carbonyl (C=O) groups excluding carboxylic acids is 2. The van der Waals surface area contributed by atoms with Crippen LogP contribution in [0.15, 0.2) is 66.7 Å². The fraction of sp³-hybridized carbons (Fsp3) is 0.360. The zero-order valence-electron chi connectivity index (χ0n) is 18.4. The van der Waals surface area contributed by atoms with E-state index in [1.165, 1.54) is 6.08 Å². The van der Waals surface area contributed by atoms with Gasteiger partial charge in [0.15, 0.2) is 0 Å². The molecule has 1 aliphatic heterocycles. The Morgan fingerprint density at radius 1 is 1.16 bits per heavy atom. The van der Waals surface area contributed by atoms with E-state index >= 15 is 0 Å². The van der Waals surface area contributed by atoms with Gasteiger partial charge in [-0.15, -0.1) is 0 Å². The molecule has 0 radical (unpaired) electrons. The molecule has 2 aromatic rings. The normalized spacial score (nSPS) is 21.7. The summed E-state index contributed by atoms with van der Waals surface area (Å²) < 4.78 is 10.2. The Labute approximate surface area is 188 Å². The van der Waals surface area contributed by atoms with Gasteiger partial charge in [0.1, 0.15) is 5.75 Å². The molecule has 0 aliphatic carbocycles. The highest BCUT2D eigenvalue weighted by Gasteiger charge is 2.36. The number of hydrogen-bond acceptors (Lipinski definition) is 6. The molecule has 0 unspecified atom stereocenters. The van der Waals surface area contributed by atoms with Gasteiger partial charge in [-0.3, -0.25) is 9.69 Å². The molecule has 1 saturated heterocycles. The Morgan fingerprint density at radius 2 is 1.88 bits per heavy atom. The fourth-order valence-electron chi connectivity index (χ4n) is 3.85. The summed E-state index contributed by atoms with van der Waals surface area (Å²) in [7, 11) is 1.60. The number of esters is 1. The van der Waals surface area contributed by atoms with E-state index in [9.17, 15) is 14.7 Å². The van der Waals surface area contributed by atoms with Gasteiger partial charge in [0.2, 0.25) is 5.91 Å². The molecule has 0 spiro atoms. The molecule has 7 heteroatoms. The molecule has 1 fully saturated rings. The number of nitrogens with one attached hydrogen (secondary N) is 1. The second-order valence-electron chi connectivity index (χ2n) is 7.71. The summed E-state index contributed by atoms with van der Waals surface area (Å²) >= 11 is 0. The minimum Gasteiger partial charge on any atom is -0.497 e. The summed E-state index contributed by atoms with van der Waals surface area (Å²) in [6.07, 6.45) is 2.51. The minimum atomic E-state index is -0.925. The van der Waals surface area contributed by atoms with Crippen molar-refractivity contribution < 1.29 is 24.2 Å². The van der Waals surface area contributed by atoms with Crippen molar-refractivity contribution in [1.29, 1.82) is 0 Å². The maximum Gasteiger partial charge on any atom is 0.330 e. The smallest absolute Gasteiger partial charge is 0.330 e. The summed E-state index contributed by atoms with van der Waals surface area (Å²) in [6.45, 7) is 2.51. The molecule has 7 nitrogen and oxygen atoms in total. The first-order valence-electron chi connectivity index (χ1n) is 10.7. The molecule has 3 rings (SSSR count). The molecule has 170 valence electrons. The first-order chi connectivity index (χ1) is 15.5. The number of benzene rings is 2. The van der Waals surface area contributed by atoms with Crippen LogP contribution in [0.3, 0.4) is 0 Å². The lowest BCUT2D eigenvalue weighted by atomic mass is 9.95. The third kappa shape index (κ3) is 6.42. The Bertz CT molecular complexity index is 914. The lowest BCUT2D eigenvalue weighted by molar-refractivity contribution is -0.137. The second-order valence-corrected chi connectivity index (χ2v) is 7.71. The number of nitrogens with zero attached hydrogens (tertiary/aromatic N) is 1. The van der Waals surface area contributed by atoms with Crippen LogP contribution in [-0.2, 0) is 27.3 Å². The van der Waals surface area contributed by atoms with Crippen LogP contribution in [0.25, 0.3) is 0 Å². The second kappa shape index (κ2) is 11.5. The van der Waals surface area contributed by atoms with Crippen LogP contribution in [0.2, 0.25) is 0 Å². The van der Waals surface area contributed by atoms with Crippen LogP contribution in [0.1, 0.15) is 18.1 Å². The van der Waals surface area contributed by atoms with Gasteiger partial charge >= 0.3 is 5.97 Å². The molecule has 1 amide bonds. The van der Waals surface area contributed by atoms with Crippen LogP contribution in [0.5, 0.6) is 5.75 Å². The third-order valence-corrected chi connectivity index (χ3v) is 5.44. The lowest BCUT2D eigenvalue weighted by Crippen LogP contribution is -2.48. The largest absolute Gasteiger partial charge is 0.497 e. The van der Waals surface area contributed by atoms with Gasteiger partial charge in [-0.25, -0.2) is 4.79 Å². The molecule has 0 aromatic heterocycles. The van der Waals surface area contributed by atoms with E-state index < -0.39 is 24.2 Å². The Kier molecular flexibility index (Phi) is 8.41. The molecule has 32 heavy (non-hydrogen) atoms. The van der Waals surface area contributed by atoms with Crippen LogP contribution in [0, 0.1) is 0 Å². The maximum atomic E-state index is 12.7. The van der Waals surface area contributed by atoms with E-state index in [4.69, 9.17) is 9.47 Å². The molecular weight excluding hydrogens is 408 g/mol. The van der Waals surface area contributed by atoms with Crippen molar-refractivity contribution in [2.24, 2.45) is 0 Å². The van der Waals surface area contributed by atoms with Crippen molar-refractivity contribution in [2.45, 2.75) is 38.1 Å². The highest BCUT2D eigenvalue weighted by atomic mass is 16.5. The number of aliphatic hydroxyl groups is 1. The zero-order chi connectivity index (χ0) is 22.9. The molecule has 0 bridgehead atoms. The fourth-order valence-corrected chi connectivity index (χ4v) is 3.85. The molecule has 1 aliphatic rings. The molecule has 1 heterocycles. The van der Waals surface area contributed by atoms with Crippen molar-refractivity contribution in [2.75, 3.05) is 20.3 Å². The number of ether oxygens (including phenoxy) is 2. The Balaban J connectivity index is 1.86. The highest BCUT2D eigenvalue weighted by Crippen LogP contribution is 2.21. The molecular formula is C25H30N2O5. The first-order valence-corrected chi connectivity index (χ1v) is 10.7. The van der Waals surface area contributed by atoms with E-state index in [0.29, 0.717) is 13.0 Å². The van der Waals surface area contributed by atoms with Gasteiger partial charge in [-0.2, -0.15) is 0 Å². The van der Waals surface area contributed by atoms with Crippen LogP contribution in [0.4, 0.5) is 0 Å². The summed E-state index contributed by atoms with van der Waals surface area (Å²) in [6, 6.07) is 16.2. The van der Waals surface area contributed by atoms with E-state index in [2.05, 4.69) is 5.32 Å². The summed E-state index contributed by atoms with van der Waals surface area (Å²) in [4.78, 5) is 26.5. The summed E-state index contributed by atoms with van der Waals surface area (Å²) in [5.41, 5.74) is 1.97. The van der Waals surface area contributed by atoms with Crippen molar-refractivity contribution in [3.8, 4) is 5.75 Å². The van der Waals surface area contributed by atoms with E-state index in [1.807, 2.05) is 59.5 Å². The zero-order valence-corrected chi connectivity index (χ0v) is 18.4. The lowest BCUT2D eigenvalue weighted by Gasteiger charge is -2.32. The van der Waals surface area contributed by atoms with E-state index in [1.54, 1.807) is 20.1 Å². The van der Waals surface area contributed by atoms with Crippen molar-refractivity contribution >= 4 is 11.9 Å². The number of amides is 1. The topological polar surface area (TPSA) is 88.1 Å². The first kappa shape index (κ1) is 23.5. The van der Waals surface area contributed by atoms with Gasteiger partial charge < -0.3 is 19.9 Å². The van der Waals surface area contributed by atoms with Crippen LogP contribution >= 0.6 is 0 Å². The number of methoxy groups -OCH3 is 1. The van der Waals surface area contributed by atoms with Gasteiger partial charge in [0, 0.05) is 12.6 Å². The Morgan fingerprint density at radius 3 is 2.53 bits per heavy atom. The molecule has 0 saturated carbocycles. The van der Waals surface area contributed by atoms with Crippen LogP contribution in [-0.4, -0.2) is 60.3 Å². The quantitative estimate of drug-likeness (QED) is 0.485. The minimum absolute atomic E-state index is 0.0895. The van der Waals surface area contributed by atoms with Gasteiger partial charge in [0.05, 0.1) is 38.4 Å². The maximum absolute atomic E-state index is 12.7. The molecule has 2 N–H and O–H groups in total. The predicted molar refractivity (Wildman–Crippen MR) is 121 cm³/mol. The SMILES string of the molecule is CCOC(=O)/C=C/[C@@H]1[C@@H](O)[C@@H](Cc2ccccc2)NC(=O)CN1Cc1ccc(OC)cc1. The van der Waals surface area contributed by atoms with Gasteiger partial charge in [-0.1, -0.05) is 48.5 Å². The molecule has 3 atom stereocenters. The standard InChI is InChI=1S/C25H30N2O5/c1-3-32-24(29)14-13-22-25(30)21(15-18-7-5-4-6-8-18)26-23(28)17-27(22)16-19-9-11-20(31-2)12-10-19/h4-14,21-22,25,30H,3,15-17H2,1-2H3,(H,26,28)/b14-13+/t21-,22-,25+/m1/s1. The number of hydrogen-bond donors (Lipinski definition) is 2. The molecule has 2 aromatic carbocycles. The highest BCUT2D eigenvalue weighted by molar-refractivity contribution is 5.82.